The maximum Gasteiger partial charge on any atom is 0.202 e. The fraction of sp³-hybridized carbons (Fsp3) is 0.444. The topological polar surface area (TPSA) is 37.3 Å². The van der Waals surface area contributed by atoms with E-state index < -0.39 is 6.10 Å². The smallest absolute Gasteiger partial charge is 0.202 e. The number of carbonyl (C=O) groups is 1. The van der Waals surface area contributed by atoms with Gasteiger partial charge in [0.2, 0.25) is 5.78 Å². The number of halogens is 1. The number of ketones is 1. The fourth-order valence-corrected chi connectivity index (χ4v) is 2.77. The van der Waals surface area contributed by atoms with Gasteiger partial charge in [0.1, 0.15) is 6.10 Å². The molecule has 1 saturated carbocycles. The highest BCUT2D eigenvalue weighted by Gasteiger charge is 2.35. The lowest BCUT2D eigenvalue weighted by Gasteiger charge is -2.05. The van der Waals surface area contributed by atoms with Crippen molar-refractivity contribution in [1.82, 2.24) is 0 Å². The van der Waals surface area contributed by atoms with E-state index in [4.69, 9.17) is 0 Å². The summed E-state index contributed by atoms with van der Waals surface area (Å²) in [5.74, 6) is 0.0749. The zero-order valence-corrected chi connectivity index (χ0v) is 9.27. The molecule has 13 heavy (non-hydrogen) atoms. The molecule has 0 radical (unpaired) electrons. The molecule has 1 aliphatic carbocycles. The van der Waals surface area contributed by atoms with E-state index in [0.717, 1.165) is 17.3 Å². The minimum absolute atomic E-state index is 0.135. The summed E-state index contributed by atoms with van der Waals surface area (Å²) in [6.45, 7) is 0. The molecule has 1 atom stereocenters. The highest BCUT2D eigenvalue weighted by Crippen LogP contribution is 2.35. The van der Waals surface area contributed by atoms with Gasteiger partial charge in [-0.1, -0.05) is 0 Å². The third-order valence-electron chi connectivity index (χ3n) is 2.18. The highest BCUT2D eigenvalue weighted by atomic mass is 79.9. The van der Waals surface area contributed by atoms with Crippen LogP contribution in [0.1, 0.15) is 22.5 Å². The average Bonchev–Trinajstić information content (AvgIpc) is 2.87. The summed E-state index contributed by atoms with van der Waals surface area (Å²) in [4.78, 5) is 12.3. The van der Waals surface area contributed by atoms with E-state index in [0.29, 0.717) is 4.88 Å². The van der Waals surface area contributed by atoms with E-state index in [2.05, 4.69) is 15.9 Å². The van der Waals surface area contributed by atoms with E-state index in [1.54, 1.807) is 0 Å². The fourth-order valence-electron chi connectivity index (χ4n) is 1.23. The minimum atomic E-state index is -0.782. The van der Waals surface area contributed by atoms with Crippen molar-refractivity contribution in [2.75, 3.05) is 0 Å². The Morgan fingerprint density at radius 2 is 2.38 bits per heavy atom. The highest BCUT2D eigenvalue weighted by molar-refractivity contribution is 9.10. The van der Waals surface area contributed by atoms with Crippen molar-refractivity contribution in [2.45, 2.75) is 18.9 Å². The normalized spacial score (nSPS) is 18.6. The SMILES string of the molecule is O=C(c1sccc1Br)C(O)C1CC1. The van der Waals surface area contributed by atoms with E-state index in [1.165, 1.54) is 11.3 Å². The van der Waals surface area contributed by atoms with Gasteiger partial charge in [0.05, 0.1) is 4.88 Å². The average molecular weight is 261 g/mol. The van der Waals surface area contributed by atoms with Gasteiger partial charge in [-0.2, -0.15) is 0 Å². The van der Waals surface area contributed by atoms with E-state index in [-0.39, 0.29) is 11.7 Å². The third kappa shape index (κ3) is 1.85. The number of aliphatic hydroxyl groups excluding tert-OH is 1. The van der Waals surface area contributed by atoms with Gasteiger partial charge >= 0.3 is 0 Å². The Morgan fingerprint density at radius 1 is 1.69 bits per heavy atom. The first-order valence-electron chi connectivity index (χ1n) is 4.15. The van der Waals surface area contributed by atoms with Gasteiger partial charge in [-0.3, -0.25) is 4.79 Å². The quantitative estimate of drug-likeness (QED) is 0.848. The second-order valence-corrected chi connectivity index (χ2v) is 5.01. The molecule has 0 aromatic carbocycles. The van der Waals surface area contributed by atoms with E-state index in [9.17, 15) is 9.90 Å². The Labute approximate surface area is 88.7 Å². The molecule has 2 nitrogen and oxygen atoms in total. The number of rotatable bonds is 3. The summed E-state index contributed by atoms with van der Waals surface area (Å²) in [5.41, 5.74) is 0. The lowest BCUT2D eigenvalue weighted by atomic mass is 10.1. The molecule has 1 aromatic heterocycles. The number of carbonyl (C=O) groups excluding carboxylic acids is 1. The maximum absolute atomic E-state index is 11.6. The molecule has 70 valence electrons. The van der Waals surface area contributed by atoms with Crippen molar-refractivity contribution >= 4 is 33.0 Å². The summed E-state index contributed by atoms with van der Waals surface area (Å²) >= 11 is 4.66. The van der Waals surface area contributed by atoms with Crippen LogP contribution < -0.4 is 0 Å². The monoisotopic (exact) mass is 260 g/mol. The van der Waals surface area contributed by atoms with Crippen LogP contribution in [0.15, 0.2) is 15.9 Å². The molecule has 0 aliphatic heterocycles. The van der Waals surface area contributed by atoms with Crippen molar-refractivity contribution in [3.8, 4) is 0 Å². The van der Waals surface area contributed by atoms with Crippen molar-refractivity contribution in [3.63, 3.8) is 0 Å². The number of hydrogen-bond donors (Lipinski definition) is 1. The zero-order chi connectivity index (χ0) is 9.42. The van der Waals surface area contributed by atoms with Crippen LogP contribution in [0.2, 0.25) is 0 Å². The van der Waals surface area contributed by atoms with Crippen LogP contribution >= 0.6 is 27.3 Å². The van der Waals surface area contributed by atoms with Gasteiger partial charge in [-0.05, 0) is 46.1 Å². The van der Waals surface area contributed by atoms with Crippen molar-refractivity contribution in [1.29, 1.82) is 0 Å². The van der Waals surface area contributed by atoms with Crippen LogP contribution in [0, 0.1) is 5.92 Å². The van der Waals surface area contributed by atoms with Gasteiger partial charge in [0.25, 0.3) is 0 Å². The number of aliphatic hydroxyl groups is 1. The van der Waals surface area contributed by atoms with Gasteiger partial charge in [0.15, 0.2) is 0 Å². The summed E-state index contributed by atoms with van der Waals surface area (Å²) in [7, 11) is 0. The summed E-state index contributed by atoms with van der Waals surface area (Å²) in [5, 5.41) is 11.4. The first-order valence-corrected chi connectivity index (χ1v) is 5.82. The Kier molecular flexibility index (Phi) is 2.53. The Morgan fingerprint density at radius 3 is 2.85 bits per heavy atom. The van der Waals surface area contributed by atoms with E-state index >= 15 is 0 Å². The predicted octanol–water partition coefficient (Wildman–Crippen LogP) is 2.46. The first kappa shape index (κ1) is 9.37. The van der Waals surface area contributed by atoms with Gasteiger partial charge < -0.3 is 5.11 Å². The zero-order valence-electron chi connectivity index (χ0n) is 6.87. The predicted molar refractivity (Wildman–Crippen MR) is 55.1 cm³/mol. The lowest BCUT2D eigenvalue weighted by molar-refractivity contribution is 0.0708. The molecular weight excluding hydrogens is 252 g/mol. The van der Waals surface area contributed by atoms with Crippen molar-refractivity contribution < 1.29 is 9.90 Å². The second-order valence-electron chi connectivity index (χ2n) is 3.24. The van der Waals surface area contributed by atoms with Gasteiger partial charge in [0, 0.05) is 4.47 Å². The van der Waals surface area contributed by atoms with Crippen LogP contribution in [-0.4, -0.2) is 17.0 Å². The van der Waals surface area contributed by atoms with Crippen LogP contribution in [0.3, 0.4) is 0 Å². The molecule has 2 rings (SSSR count). The molecule has 1 aliphatic rings. The number of Topliss-reactive ketones (excluding diaryl/α,β-unsaturated/α-hetero) is 1. The molecule has 1 heterocycles. The van der Waals surface area contributed by atoms with Gasteiger partial charge in [-0.15, -0.1) is 11.3 Å². The van der Waals surface area contributed by atoms with Crippen molar-refractivity contribution in [3.05, 3.63) is 20.8 Å². The number of thiophene rings is 1. The van der Waals surface area contributed by atoms with Crippen molar-refractivity contribution in [2.24, 2.45) is 5.92 Å². The van der Waals surface area contributed by atoms with Crippen LogP contribution in [0.5, 0.6) is 0 Å². The lowest BCUT2D eigenvalue weighted by Crippen LogP contribution is -2.21. The summed E-state index contributed by atoms with van der Waals surface area (Å²) in [6.07, 6.45) is 1.18. The molecule has 1 N–H and O–H groups in total. The Balaban J connectivity index is 2.16. The molecule has 1 unspecified atom stereocenters. The second kappa shape index (κ2) is 3.52. The largest absolute Gasteiger partial charge is 0.385 e. The summed E-state index contributed by atoms with van der Waals surface area (Å²) < 4.78 is 0.794. The van der Waals surface area contributed by atoms with Crippen LogP contribution in [0.4, 0.5) is 0 Å². The molecule has 0 spiro atoms. The molecule has 0 amide bonds. The molecule has 0 saturated heterocycles. The standard InChI is InChI=1S/C9H9BrO2S/c10-6-3-4-13-9(6)8(12)7(11)5-1-2-5/h3-5,7,11H,1-2H2. The van der Waals surface area contributed by atoms with Crippen LogP contribution in [-0.2, 0) is 0 Å². The Bertz CT molecular complexity index is 330. The minimum Gasteiger partial charge on any atom is -0.385 e. The molecule has 4 heteroatoms. The summed E-state index contributed by atoms with van der Waals surface area (Å²) in [6, 6.07) is 1.83. The maximum atomic E-state index is 11.6. The molecular formula is C9H9BrO2S. The van der Waals surface area contributed by atoms with Crippen LogP contribution in [0.25, 0.3) is 0 Å². The number of hydrogen-bond acceptors (Lipinski definition) is 3. The van der Waals surface area contributed by atoms with Gasteiger partial charge in [-0.25, -0.2) is 0 Å². The third-order valence-corrected chi connectivity index (χ3v) is 4.03. The molecule has 0 bridgehead atoms. The first-order chi connectivity index (χ1) is 6.20. The Hall–Kier alpha value is -0.190. The molecule has 1 aromatic rings. The molecule has 1 fully saturated rings. The van der Waals surface area contributed by atoms with E-state index in [1.807, 2.05) is 11.4 Å².